The van der Waals surface area contributed by atoms with E-state index >= 15 is 0 Å². The van der Waals surface area contributed by atoms with Crippen LogP contribution in [0.15, 0.2) is 30.3 Å². The molecule has 1 aliphatic heterocycles. The standard InChI is InChI=1S/C15H19NO3/c1-2-19-15(10-6-7-11-16-14(15)18)13(17)12-8-4-3-5-9-12/h3-5,8-9H,2,6-7,10-11H2,1H3,(H,16,18). The highest BCUT2D eigenvalue weighted by Crippen LogP contribution is 2.27. The van der Waals surface area contributed by atoms with Crippen molar-refractivity contribution in [1.82, 2.24) is 5.32 Å². The van der Waals surface area contributed by atoms with Crippen LogP contribution in [0.5, 0.6) is 0 Å². The molecule has 4 heteroatoms. The number of nitrogens with one attached hydrogen (secondary N) is 1. The van der Waals surface area contributed by atoms with Crippen molar-refractivity contribution in [1.29, 1.82) is 0 Å². The molecule has 0 radical (unpaired) electrons. The molecular formula is C15H19NO3. The molecule has 2 rings (SSSR count). The largest absolute Gasteiger partial charge is 0.358 e. The highest BCUT2D eigenvalue weighted by Gasteiger charge is 2.47. The topological polar surface area (TPSA) is 55.4 Å². The van der Waals surface area contributed by atoms with Crippen molar-refractivity contribution < 1.29 is 14.3 Å². The van der Waals surface area contributed by atoms with Crippen LogP contribution in [0.4, 0.5) is 0 Å². The lowest BCUT2D eigenvalue weighted by molar-refractivity contribution is -0.140. The van der Waals surface area contributed by atoms with Gasteiger partial charge in [-0.05, 0) is 26.2 Å². The lowest BCUT2D eigenvalue weighted by atomic mass is 9.87. The smallest absolute Gasteiger partial charge is 0.260 e. The lowest BCUT2D eigenvalue weighted by Crippen LogP contribution is -2.53. The van der Waals surface area contributed by atoms with Gasteiger partial charge in [0.2, 0.25) is 11.4 Å². The first kappa shape index (κ1) is 13.7. The van der Waals surface area contributed by atoms with E-state index < -0.39 is 5.60 Å². The van der Waals surface area contributed by atoms with Gasteiger partial charge in [-0.1, -0.05) is 30.3 Å². The highest BCUT2D eigenvalue weighted by molar-refractivity contribution is 6.17. The van der Waals surface area contributed by atoms with Crippen molar-refractivity contribution in [2.24, 2.45) is 0 Å². The maximum Gasteiger partial charge on any atom is 0.260 e. The minimum absolute atomic E-state index is 0.241. The van der Waals surface area contributed by atoms with Crippen LogP contribution in [-0.4, -0.2) is 30.4 Å². The zero-order chi connectivity index (χ0) is 13.7. The molecule has 1 saturated heterocycles. The summed E-state index contributed by atoms with van der Waals surface area (Å²) in [4.78, 5) is 25.0. The summed E-state index contributed by atoms with van der Waals surface area (Å²) >= 11 is 0. The van der Waals surface area contributed by atoms with Gasteiger partial charge in [-0.15, -0.1) is 0 Å². The number of hydrogen-bond acceptors (Lipinski definition) is 3. The number of rotatable bonds is 4. The third kappa shape index (κ3) is 2.68. The van der Waals surface area contributed by atoms with Gasteiger partial charge in [0.1, 0.15) is 0 Å². The number of hydrogen-bond donors (Lipinski definition) is 1. The predicted octanol–water partition coefficient (Wildman–Crippen LogP) is 1.94. The van der Waals surface area contributed by atoms with Gasteiger partial charge in [0.05, 0.1) is 0 Å². The first-order valence-electron chi connectivity index (χ1n) is 6.73. The number of benzene rings is 1. The van der Waals surface area contributed by atoms with Gasteiger partial charge in [0.25, 0.3) is 5.91 Å². The molecule has 1 aliphatic rings. The van der Waals surface area contributed by atoms with E-state index in [1.807, 2.05) is 6.07 Å². The van der Waals surface area contributed by atoms with Crippen molar-refractivity contribution in [3.05, 3.63) is 35.9 Å². The number of ether oxygens (including phenoxy) is 1. The van der Waals surface area contributed by atoms with E-state index in [2.05, 4.69) is 5.32 Å². The Labute approximate surface area is 113 Å². The molecule has 0 saturated carbocycles. The van der Waals surface area contributed by atoms with E-state index in [0.717, 1.165) is 12.8 Å². The Morgan fingerprint density at radius 3 is 2.74 bits per heavy atom. The SMILES string of the molecule is CCOC1(C(=O)c2ccccc2)CCCCNC1=O. The quantitative estimate of drug-likeness (QED) is 0.665. The number of Topliss-reactive ketones (excluding diaryl/α,β-unsaturated/α-hetero) is 1. The van der Waals surface area contributed by atoms with E-state index in [1.165, 1.54) is 0 Å². The normalized spacial score (nSPS) is 23.5. The fraction of sp³-hybridized carbons (Fsp3) is 0.467. The molecule has 1 heterocycles. The second kappa shape index (κ2) is 5.97. The number of amides is 1. The van der Waals surface area contributed by atoms with Crippen LogP contribution in [0.3, 0.4) is 0 Å². The van der Waals surface area contributed by atoms with Crippen LogP contribution in [0.2, 0.25) is 0 Å². The fourth-order valence-electron chi connectivity index (χ4n) is 2.45. The molecule has 1 aromatic rings. The molecule has 1 atom stereocenters. The molecule has 0 aliphatic carbocycles. The molecule has 0 aromatic heterocycles. The van der Waals surface area contributed by atoms with Gasteiger partial charge >= 0.3 is 0 Å². The first-order valence-corrected chi connectivity index (χ1v) is 6.73. The van der Waals surface area contributed by atoms with Crippen LogP contribution < -0.4 is 5.32 Å². The summed E-state index contributed by atoms with van der Waals surface area (Å²) in [5.41, 5.74) is -0.833. The molecule has 1 aromatic carbocycles. The fourth-order valence-corrected chi connectivity index (χ4v) is 2.45. The van der Waals surface area contributed by atoms with Gasteiger partial charge < -0.3 is 10.1 Å². The van der Waals surface area contributed by atoms with Gasteiger partial charge in [-0.2, -0.15) is 0 Å². The summed E-state index contributed by atoms with van der Waals surface area (Å²) in [5, 5.41) is 2.79. The van der Waals surface area contributed by atoms with Crippen molar-refractivity contribution in [3.63, 3.8) is 0 Å². The summed E-state index contributed by atoms with van der Waals surface area (Å²) in [7, 11) is 0. The average molecular weight is 261 g/mol. The van der Waals surface area contributed by atoms with E-state index in [4.69, 9.17) is 4.74 Å². The molecule has 19 heavy (non-hydrogen) atoms. The van der Waals surface area contributed by atoms with Gasteiger partial charge in [0, 0.05) is 18.7 Å². The second-order valence-electron chi connectivity index (χ2n) is 4.67. The van der Waals surface area contributed by atoms with E-state index in [1.54, 1.807) is 31.2 Å². The molecule has 1 fully saturated rings. The molecule has 1 amide bonds. The molecule has 102 valence electrons. The third-order valence-electron chi connectivity index (χ3n) is 3.40. The Balaban J connectivity index is 2.37. The van der Waals surface area contributed by atoms with Crippen LogP contribution in [-0.2, 0) is 9.53 Å². The van der Waals surface area contributed by atoms with E-state index in [0.29, 0.717) is 25.1 Å². The van der Waals surface area contributed by atoms with Crippen molar-refractivity contribution in [2.75, 3.05) is 13.2 Å². The van der Waals surface area contributed by atoms with Crippen LogP contribution >= 0.6 is 0 Å². The number of carbonyl (C=O) groups is 2. The van der Waals surface area contributed by atoms with Crippen molar-refractivity contribution >= 4 is 11.7 Å². The van der Waals surface area contributed by atoms with Crippen LogP contribution in [0.25, 0.3) is 0 Å². The van der Waals surface area contributed by atoms with Gasteiger partial charge in [-0.25, -0.2) is 0 Å². The summed E-state index contributed by atoms with van der Waals surface area (Å²) in [6.07, 6.45) is 2.13. The molecule has 1 unspecified atom stereocenters. The number of carbonyl (C=O) groups excluding carboxylic acids is 2. The monoisotopic (exact) mass is 261 g/mol. The summed E-state index contributed by atoms with van der Waals surface area (Å²) in [6, 6.07) is 8.88. The first-order chi connectivity index (χ1) is 9.20. The summed E-state index contributed by atoms with van der Waals surface area (Å²) < 4.78 is 5.62. The Bertz CT molecular complexity index is 458. The molecule has 0 bridgehead atoms. The highest BCUT2D eigenvalue weighted by atomic mass is 16.5. The molecule has 4 nitrogen and oxygen atoms in total. The molecular weight excluding hydrogens is 242 g/mol. The lowest BCUT2D eigenvalue weighted by Gasteiger charge is -2.29. The Morgan fingerprint density at radius 2 is 2.05 bits per heavy atom. The number of ketones is 1. The van der Waals surface area contributed by atoms with Crippen LogP contribution in [0.1, 0.15) is 36.5 Å². The van der Waals surface area contributed by atoms with Crippen molar-refractivity contribution in [2.45, 2.75) is 31.8 Å². The molecule has 0 spiro atoms. The molecule has 1 N–H and O–H groups in total. The van der Waals surface area contributed by atoms with E-state index in [-0.39, 0.29) is 11.7 Å². The Hall–Kier alpha value is -1.68. The minimum atomic E-state index is -1.35. The van der Waals surface area contributed by atoms with E-state index in [9.17, 15) is 9.59 Å². The van der Waals surface area contributed by atoms with Gasteiger partial charge in [0.15, 0.2) is 0 Å². The predicted molar refractivity (Wildman–Crippen MR) is 72.0 cm³/mol. The average Bonchev–Trinajstić information content (AvgIpc) is 2.63. The third-order valence-corrected chi connectivity index (χ3v) is 3.40. The Kier molecular flexibility index (Phi) is 4.32. The van der Waals surface area contributed by atoms with Crippen LogP contribution in [0, 0.1) is 0 Å². The maximum atomic E-state index is 12.7. The van der Waals surface area contributed by atoms with Crippen molar-refractivity contribution in [3.8, 4) is 0 Å². The maximum absolute atomic E-state index is 12.7. The van der Waals surface area contributed by atoms with Gasteiger partial charge in [-0.3, -0.25) is 9.59 Å². The zero-order valence-electron chi connectivity index (χ0n) is 11.1. The Morgan fingerprint density at radius 1 is 1.32 bits per heavy atom. The minimum Gasteiger partial charge on any atom is -0.358 e. The summed E-state index contributed by atoms with van der Waals surface area (Å²) in [6.45, 7) is 2.75. The zero-order valence-corrected chi connectivity index (χ0v) is 11.1. The summed E-state index contributed by atoms with van der Waals surface area (Å²) in [5.74, 6) is -0.546. The second-order valence-corrected chi connectivity index (χ2v) is 4.67.